The second-order valence-corrected chi connectivity index (χ2v) is 5.25. The van der Waals surface area contributed by atoms with Crippen LogP contribution in [-0.2, 0) is 0 Å². The molecule has 4 nitrogen and oxygen atoms in total. The average molecular weight is 280 g/mol. The number of carbonyl (C=O) groups excluding carboxylic acids is 1. The number of benzene rings is 1. The zero-order valence-corrected chi connectivity index (χ0v) is 11.7. The molecule has 0 unspecified atom stereocenters. The number of phenols is 1. The number of hydrogen-bond acceptors (Lipinski definition) is 3. The molecule has 1 aliphatic heterocycles. The summed E-state index contributed by atoms with van der Waals surface area (Å²) in [4.78, 5) is 14.4. The first-order valence-electron chi connectivity index (χ1n) is 7.12. The fourth-order valence-corrected chi connectivity index (χ4v) is 2.57. The molecule has 0 aliphatic carbocycles. The third-order valence-electron chi connectivity index (χ3n) is 3.66. The number of carbonyl (C=O) groups is 1. The highest BCUT2D eigenvalue weighted by Gasteiger charge is 2.21. The zero-order valence-electron chi connectivity index (χ0n) is 11.7. The minimum Gasteiger partial charge on any atom is -0.508 e. The van der Waals surface area contributed by atoms with Gasteiger partial charge in [0.05, 0.1) is 5.56 Å². The van der Waals surface area contributed by atoms with E-state index in [-0.39, 0.29) is 17.4 Å². The summed E-state index contributed by atoms with van der Waals surface area (Å²) in [6.07, 6.45) is 2.92. The molecule has 1 aromatic carbocycles. The number of aromatic hydroxyl groups is 1. The topological polar surface area (TPSA) is 52.6 Å². The van der Waals surface area contributed by atoms with Crippen molar-refractivity contribution < 1.29 is 14.3 Å². The molecule has 0 atom stereocenters. The summed E-state index contributed by atoms with van der Waals surface area (Å²) in [6.45, 7) is 5.18. The maximum Gasteiger partial charge on any atom is 0.254 e. The fourth-order valence-electron chi connectivity index (χ4n) is 2.57. The second kappa shape index (κ2) is 6.70. The SMILES string of the molecule is CCCN1CCC(NC(=O)c2ccc(O)cc2F)CC1. The van der Waals surface area contributed by atoms with Gasteiger partial charge < -0.3 is 15.3 Å². The normalized spacial score (nSPS) is 17.1. The van der Waals surface area contributed by atoms with Gasteiger partial charge in [-0.1, -0.05) is 6.92 Å². The summed E-state index contributed by atoms with van der Waals surface area (Å²) >= 11 is 0. The van der Waals surface area contributed by atoms with Gasteiger partial charge in [0.1, 0.15) is 11.6 Å². The Balaban J connectivity index is 1.89. The molecule has 0 spiro atoms. The lowest BCUT2D eigenvalue weighted by Crippen LogP contribution is -2.44. The summed E-state index contributed by atoms with van der Waals surface area (Å²) in [5.74, 6) is -1.27. The van der Waals surface area contributed by atoms with E-state index in [1.807, 2.05) is 0 Å². The van der Waals surface area contributed by atoms with Crippen LogP contribution in [-0.4, -0.2) is 41.6 Å². The third kappa shape index (κ3) is 3.70. The summed E-state index contributed by atoms with van der Waals surface area (Å²) in [6, 6.07) is 3.69. The van der Waals surface area contributed by atoms with Gasteiger partial charge in [-0.25, -0.2) is 4.39 Å². The van der Waals surface area contributed by atoms with Gasteiger partial charge in [0.25, 0.3) is 5.91 Å². The van der Waals surface area contributed by atoms with Crippen LogP contribution in [0.15, 0.2) is 18.2 Å². The van der Waals surface area contributed by atoms with Crippen LogP contribution in [0.25, 0.3) is 0 Å². The van der Waals surface area contributed by atoms with E-state index in [9.17, 15) is 9.18 Å². The van der Waals surface area contributed by atoms with Crippen LogP contribution in [0.1, 0.15) is 36.5 Å². The first-order valence-corrected chi connectivity index (χ1v) is 7.12. The Morgan fingerprint density at radius 1 is 1.45 bits per heavy atom. The van der Waals surface area contributed by atoms with Crippen molar-refractivity contribution in [1.29, 1.82) is 0 Å². The minimum atomic E-state index is -0.689. The highest BCUT2D eigenvalue weighted by molar-refractivity contribution is 5.94. The molecule has 0 aromatic heterocycles. The van der Waals surface area contributed by atoms with Gasteiger partial charge in [0, 0.05) is 25.2 Å². The number of halogens is 1. The number of likely N-dealkylation sites (tertiary alicyclic amines) is 1. The van der Waals surface area contributed by atoms with Crippen molar-refractivity contribution in [1.82, 2.24) is 10.2 Å². The molecule has 1 heterocycles. The molecule has 110 valence electrons. The summed E-state index contributed by atoms with van der Waals surface area (Å²) in [5.41, 5.74) is -0.0150. The van der Waals surface area contributed by atoms with Crippen molar-refractivity contribution in [3.63, 3.8) is 0 Å². The number of nitrogens with zero attached hydrogens (tertiary/aromatic N) is 1. The smallest absolute Gasteiger partial charge is 0.254 e. The minimum absolute atomic E-state index is 0.0150. The lowest BCUT2D eigenvalue weighted by atomic mass is 10.0. The number of nitrogens with one attached hydrogen (secondary N) is 1. The number of piperidine rings is 1. The van der Waals surface area contributed by atoms with Gasteiger partial charge in [-0.2, -0.15) is 0 Å². The monoisotopic (exact) mass is 280 g/mol. The molecular weight excluding hydrogens is 259 g/mol. The Hall–Kier alpha value is -1.62. The number of phenolic OH excluding ortho intramolecular Hbond substituents is 1. The molecule has 1 saturated heterocycles. The molecule has 1 aromatic rings. The molecule has 0 bridgehead atoms. The predicted molar refractivity (Wildman–Crippen MR) is 75.3 cm³/mol. The van der Waals surface area contributed by atoms with E-state index < -0.39 is 11.7 Å². The molecule has 0 saturated carbocycles. The van der Waals surface area contributed by atoms with Gasteiger partial charge >= 0.3 is 0 Å². The molecule has 0 radical (unpaired) electrons. The molecule has 2 N–H and O–H groups in total. The fraction of sp³-hybridized carbons (Fsp3) is 0.533. The third-order valence-corrected chi connectivity index (χ3v) is 3.66. The summed E-state index contributed by atoms with van der Waals surface area (Å²) < 4.78 is 13.6. The summed E-state index contributed by atoms with van der Waals surface area (Å²) in [7, 11) is 0. The maximum atomic E-state index is 13.6. The lowest BCUT2D eigenvalue weighted by Gasteiger charge is -2.32. The van der Waals surface area contributed by atoms with Crippen LogP contribution in [0.4, 0.5) is 4.39 Å². The van der Waals surface area contributed by atoms with Gasteiger partial charge in [-0.15, -0.1) is 0 Å². The van der Waals surface area contributed by atoms with Crippen molar-refractivity contribution in [3.05, 3.63) is 29.6 Å². The second-order valence-electron chi connectivity index (χ2n) is 5.25. The molecule has 20 heavy (non-hydrogen) atoms. The maximum absolute atomic E-state index is 13.6. The van der Waals surface area contributed by atoms with E-state index in [4.69, 9.17) is 5.11 Å². The van der Waals surface area contributed by atoms with Gasteiger partial charge in [-0.05, 0) is 37.9 Å². The van der Waals surface area contributed by atoms with Crippen LogP contribution < -0.4 is 5.32 Å². The number of amides is 1. The molecule has 5 heteroatoms. The van der Waals surface area contributed by atoms with Crippen molar-refractivity contribution >= 4 is 5.91 Å². The standard InChI is InChI=1S/C15H21FN2O2/c1-2-7-18-8-5-11(6-9-18)17-15(20)13-4-3-12(19)10-14(13)16/h3-4,10-11,19H,2,5-9H2,1H3,(H,17,20). The van der Waals surface area contributed by atoms with Crippen molar-refractivity contribution in [2.75, 3.05) is 19.6 Å². The first-order chi connectivity index (χ1) is 9.60. The molecule has 1 aliphatic rings. The van der Waals surface area contributed by atoms with E-state index in [1.54, 1.807) is 0 Å². The summed E-state index contributed by atoms with van der Waals surface area (Å²) in [5, 5.41) is 12.0. The highest BCUT2D eigenvalue weighted by Crippen LogP contribution is 2.16. The van der Waals surface area contributed by atoms with Crippen LogP contribution in [0.2, 0.25) is 0 Å². The molecule has 1 fully saturated rings. The van der Waals surface area contributed by atoms with Crippen LogP contribution in [0, 0.1) is 5.82 Å². The predicted octanol–water partition coefficient (Wildman–Crippen LogP) is 2.14. The van der Waals surface area contributed by atoms with E-state index >= 15 is 0 Å². The lowest BCUT2D eigenvalue weighted by molar-refractivity contribution is 0.0907. The first kappa shape index (κ1) is 14.8. The average Bonchev–Trinajstić information content (AvgIpc) is 2.41. The van der Waals surface area contributed by atoms with E-state index in [0.29, 0.717) is 0 Å². The van der Waals surface area contributed by atoms with E-state index in [2.05, 4.69) is 17.1 Å². The highest BCUT2D eigenvalue weighted by atomic mass is 19.1. The Kier molecular flexibility index (Phi) is 4.95. The van der Waals surface area contributed by atoms with Gasteiger partial charge in [-0.3, -0.25) is 4.79 Å². The van der Waals surface area contributed by atoms with Crippen LogP contribution >= 0.6 is 0 Å². The van der Waals surface area contributed by atoms with Crippen LogP contribution in [0.5, 0.6) is 5.75 Å². The largest absolute Gasteiger partial charge is 0.508 e. The van der Waals surface area contributed by atoms with Gasteiger partial charge in [0.15, 0.2) is 0 Å². The Morgan fingerprint density at radius 2 is 2.15 bits per heavy atom. The molecule has 2 rings (SSSR count). The number of rotatable bonds is 4. The molecule has 1 amide bonds. The van der Waals surface area contributed by atoms with E-state index in [1.165, 1.54) is 12.1 Å². The van der Waals surface area contributed by atoms with E-state index in [0.717, 1.165) is 45.0 Å². The van der Waals surface area contributed by atoms with Crippen molar-refractivity contribution in [2.45, 2.75) is 32.2 Å². The van der Waals surface area contributed by atoms with Crippen molar-refractivity contribution in [3.8, 4) is 5.75 Å². The quantitative estimate of drug-likeness (QED) is 0.888. The Labute approximate surface area is 118 Å². The Bertz CT molecular complexity index is 471. The van der Waals surface area contributed by atoms with Gasteiger partial charge in [0.2, 0.25) is 0 Å². The molecular formula is C15H21FN2O2. The van der Waals surface area contributed by atoms with Crippen LogP contribution in [0.3, 0.4) is 0 Å². The number of hydrogen-bond donors (Lipinski definition) is 2. The van der Waals surface area contributed by atoms with Crippen molar-refractivity contribution in [2.24, 2.45) is 0 Å². The Morgan fingerprint density at radius 3 is 2.75 bits per heavy atom. The zero-order chi connectivity index (χ0) is 14.5.